The maximum Gasteiger partial charge on any atom is 0.0825 e. The number of nitrogens with zero attached hydrogens (tertiary/aromatic N) is 1. The molecule has 14 heavy (non-hydrogen) atoms. The molecule has 1 aliphatic rings. The highest BCUT2D eigenvalue weighted by Crippen LogP contribution is 2.44. The summed E-state index contributed by atoms with van der Waals surface area (Å²) in [7, 11) is 0. The van der Waals surface area contributed by atoms with Gasteiger partial charge in [0.25, 0.3) is 0 Å². The van der Waals surface area contributed by atoms with Gasteiger partial charge in [0.1, 0.15) is 0 Å². The Balaban J connectivity index is 2.46. The number of hydrogen-bond donors (Lipinski definition) is 1. The summed E-state index contributed by atoms with van der Waals surface area (Å²) in [6.45, 7) is 2.03. The van der Waals surface area contributed by atoms with Crippen LogP contribution in [0.25, 0.3) is 0 Å². The number of nitriles is 1. The van der Waals surface area contributed by atoms with Crippen molar-refractivity contribution in [3.63, 3.8) is 0 Å². The van der Waals surface area contributed by atoms with Crippen LogP contribution >= 0.6 is 0 Å². The van der Waals surface area contributed by atoms with E-state index >= 15 is 0 Å². The van der Waals surface area contributed by atoms with Gasteiger partial charge in [0, 0.05) is 5.69 Å². The second kappa shape index (κ2) is 3.02. The fraction of sp³-hybridized carbons (Fsp3) is 0.417. The molecule has 2 heteroatoms. The average molecular weight is 186 g/mol. The Morgan fingerprint density at radius 2 is 2.14 bits per heavy atom. The lowest BCUT2D eigenvalue weighted by Crippen LogP contribution is -2.33. The smallest absolute Gasteiger partial charge is 0.0825 e. The molecule has 2 N–H and O–H groups in total. The van der Waals surface area contributed by atoms with Crippen molar-refractivity contribution in [1.82, 2.24) is 0 Å². The van der Waals surface area contributed by atoms with E-state index in [-0.39, 0.29) is 5.41 Å². The first-order valence-electron chi connectivity index (χ1n) is 4.96. The molecule has 0 heterocycles. The average Bonchev–Trinajstić information content (AvgIpc) is 2.07. The van der Waals surface area contributed by atoms with E-state index in [1.165, 1.54) is 5.56 Å². The van der Waals surface area contributed by atoms with Gasteiger partial charge in [-0.25, -0.2) is 0 Å². The SMILES string of the molecule is Cc1cc(N)ccc1C1(C#N)CCC1. The van der Waals surface area contributed by atoms with Crippen molar-refractivity contribution in [3.05, 3.63) is 29.3 Å². The third-order valence-corrected chi connectivity index (χ3v) is 3.19. The fourth-order valence-electron chi connectivity index (χ4n) is 2.20. The Kier molecular flexibility index (Phi) is 1.96. The standard InChI is InChI=1S/C12H14N2/c1-9-7-10(14)3-4-11(9)12(8-13)5-2-6-12/h3-4,7H,2,5-6,14H2,1H3. The van der Waals surface area contributed by atoms with Gasteiger partial charge >= 0.3 is 0 Å². The Morgan fingerprint density at radius 1 is 1.43 bits per heavy atom. The van der Waals surface area contributed by atoms with Crippen LogP contribution < -0.4 is 5.73 Å². The molecule has 0 aromatic heterocycles. The van der Waals surface area contributed by atoms with Crippen molar-refractivity contribution in [2.45, 2.75) is 31.6 Å². The molecule has 0 atom stereocenters. The minimum Gasteiger partial charge on any atom is -0.399 e. The van der Waals surface area contributed by atoms with Gasteiger partial charge in [-0.2, -0.15) is 5.26 Å². The van der Waals surface area contributed by atoms with Crippen LogP contribution in [0, 0.1) is 18.3 Å². The Bertz CT molecular complexity index is 397. The topological polar surface area (TPSA) is 49.8 Å². The number of rotatable bonds is 1. The van der Waals surface area contributed by atoms with Crippen LogP contribution in [0.2, 0.25) is 0 Å². The molecule has 2 rings (SSSR count). The van der Waals surface area contributed by atoms with Gasteiger partial charge in [0.05, 0.1) is 11.5 Å². The number of benzene rings is 1. The van der Waals surface area contributed by atoms with Crippen molar-refractivity contribution >= 4 is 5.69 Å². The first-order valence-corrected chi connectivity index (χ1v) is 4.96. The first-order chi connectivity index (χ1) is 6.68. The van der Waals surface area contributed by atoms with E-state index in [0.717, 1.165) is 30.5 Å². The molecule has 1 aromatic rings. The molecule has 1 aromatic carbocycles. The third-order valence-electron chi connectivity index (χ3n) is 3.19. The highest BCUT2D eigenvalue weighted by molar-refractivity contribution is 5.49. The highest BCUT2D eigenvalue weighted by Gasteiger charge is 2.39. The van der Waals surface area contributed by atoms with Crippen molar-refractivity contribution in [1.29, 1.82) is 5.26 Å². The molecule has 0 amide bonds. The van der Waals surface area contributed by atoms with Crippen LogP contribution in [0.4, 0.5) is 5.69 Å². The van der Waals surface area contributed by atoms with Crippen LogP contribution in [0.3, 0.4) is 0 Å². The zero-order valence-corrected chi connectivity index (χ0v) is 8.38. The van der Waals surface area contributed by atoms with Crippen molar-refractivity contribution < 1.29 is 0 Å². The van der Waals surface area contributed by atoms with Gasteiger partial charge in [-0.1, -0.05) is 6.07 Å². The number of anilines is 1. The quantitative estimate of drug-likeness (QED) is 0.685. The molecular weight excluding hydrogens is 172 g/mol. The second-order valence-electron chi connectivity index (χ2n) is 4.12. The minimum atomic E-state index is -0.211. The molecule has 0 spiro atoms. The van der Waals surface area contributed by atoms with Crippen LogP contribution in [0.1, 0.15) is 30.4 Å². The summed E-state index contributed by atoms with van der Waals surface area (Å²) in [5, 5.41) is 9.20. The normalized spacial score (nSPS) is 18.3. The van der Waals surface area contributed by atoms with Crippen LogP contribution in [-0.4, -0.2) is 0 Å². The van der Waals surface area contributed by atoms with Crippen LogP contribution in [0.5, 0.6) is 0 Å². The largest absolute Gasteiger partial charge is 0.399 e. The zero-order valence-electron chi connectivity index (χ0n) is 8.38. The molecule has 72 valence electrons. The van der Waals surface area contributed by atoms with Crippen molar-refractivity contribution in [2.24, 2.45) is 0 Å². The lowest BCUT2D eigenvalue weighted by molar-refractivity contribution is 0.323. The molecule has 2 nitrogen and oxygen atoms in total. The summed E-state index contributed by atoms with van der Waals surface area (Å²) >= 11 is 0. The van der Waals surface area contributed by atoms with Crippen molar-refractivity contribution in [2.75, 3.05) is 5.73 Å². The summed E-state index contributed by atoms with van der Waals surface area (Å²) in [5.74, 6) is 0. The summed E-state index contributed by atoms with van der Waals surface area (Å²) in [4.78, 5) is 0. The van der Waals surface area contributed by atoms with E-state index in [1.807, 2.05) is 25.1 Å². The van der Waals surface area contributed by atoms with Crippen LogP contribution in [-0.2, 0) is 5.41 Å². The number of nitrogen functional groups attached to an aromatic ring is 1. The van der Waals surface area contributed by atoms with E-state index in [2.05, 4.69) is 6.07 Å². The van der Waals surface area contributed by atoms with Gasteiger partial charge < -0.3 is 5.73 Å². The second-order valence-corrected chi connectivity index (χ2v) is 4.12. The number of nitrogens with two attached hydrogens (primary N) is 1. The Labute approximate surface area is 84.3 Å². The van der Waals surface area contributed by atoms with E-state index < -0.39 is 0 Å². The van der Waals surface area contributed by atoms with Gasteiger partial charge in [-0.05, 0) is 49.4 Å². The summed E-state index contributed by atoms with van der Waals surface area (Å²) in [6.07, 6.45) is 3.15. The number of aryl methyl sites for hydroxylation is 1. The lowest BCUT2D eigenvalue weighted by Gasteiger charge is -2.36. The van der Waals surface area contributed by atoms with Crippen molar-refractivity contribution in [3.8, 4) is 6.07 Å². The highest BCUT2D eigenvalue weighted by atomic mass is 14.5. The van der Waals surface area contributed by atoms with Gasteiger partial charge in [0.2, 0.25) is 0 Å². The van der Waals surface area contributed by atoms with E-state index in [9.17, 15) is 5.26 Å². The monoisotopic (exact) mass is 186 g/mol. The lowest BCUT2D eigenvalue weighted by atomic mass is 9.64. The van der Waals surface area contributed by atoms with Gasteiger partial charge in [-0.15, -0.1) is 0 Å². The molecular formula is C12H14N2. The molecule has 0 saturated heterocycles. The van der Waals surface area contributed by atoms with Crippen LogP contribution in [0.15, 0.2) is 18.2 Å². The maximum absolute atomic E-state index is 9.20. The summed E-state index contributed by atoms with van der Waals surface area (Å²) < 4.78 is 0. The first kappa shape index (κ1) is 9.08. The summed E-state index contributed by atoms with van der Waals surface area (Å²) in [6, 6.07) is 8.30. The van der Waals surface area contributed by atoms with E-state index in [1.54, 1.807) is 0 Å². The van der Waals surface area contributed by atoms with E-state index in [4.69, 9.17) is 5.73 Å². The molecule has 0 aliphatic heterocycles. The molecule has 0 bridgehead atoms. The molecule has 0 radical (unpaired) electrons. The zero-order chi connectivity index (χ0) is 10.2. The van der Waals surface area contributed by atoms with Gasteiger partial charge in [-0.3, -0.25) is 0 Å². The Hall–Kier alpha value is -1.49. The predicted molar refractivity (Wildman–Crippen MR) is 56.7 cm³/mol. The maximum atomic E-state index is 9.20. The third kappa shape index (κ3) is 1.17. The van der Waals surface area contributed by atoms with E-state index in [0.29, 0.717) is 0 Å². The molecule has 1 aliphatic carbocycles. The molecule has 1 saturated carbocycles. The predicted octanol–water partition coefficient (Wildman–Crippen LogP) is 2.52. The fourth-order valence-corrected chi connectivity index (χ4v) is 2.20. The van der Waals surface area contributed by atoms with Gasteiger partial charge in [0.15, 0.2) is 0 Å². The Morgan fingerprint density at radius 3 is 2.57 bits per heavy atom. The molecule has 0 unspecified atom stereocenters. The molecule has 1 fully saturated rings. The number of hydrogen-bond acceptors (Lipinski definition) is 2. The minimum absolute atomic E-state index is 0.211. The summed E-state index contributed by atoms with van der Waals surface area (Å²) in [5.41, 5.74) is 8.57.